The third-order valence-electron chi connectivity index (χ3n) is 5.16. The van der Waals surface area contributed by atoms with Gasteiger partial charge in [-0.05, 0) is 66.5 Å². The maximum atomic E-state index is 12.1. The van der Waals surface area contributed by atoms with Crippen molar-refractivity contribution in [1.29, 1.82) is 0 Å². The molecule has 6 heteroatoms. The van der Waals surface area contributed by atoms with Crippen molar-refractivity contribution in [2.24, 2.45) is 5.92 Å². The number of nitrogens with one attached hydrogen (secondary N) is 2. The van der Waals surface area contributed by atoms with E-state index in [0.717, 1.165) is 35.9 Å². The van der Waals surface area contributed by atoms with Crippen LogP contribution in [0.3, 0.4) is 0 Å². The average molecular weight is 431 g/mol. The van der Waals surface area contributed by atoms with Gasteiger partial charge in [-0.2, -0.15) is 0 Å². The van der Waals surface area contributed by atoms with Crippen LogP contribution < -0.4 is 15.4 Å². The summed E-state index contributed by atoms with van der Waals surface area (Å²) >= 11 is 11.1. The van der Waals surface area contributed by atoms with Crippen molar-refractivity contribution in [2.75, 3.05) is 11.9 Å². The highest BCUT2D eigenvalue weighted by atomic mass is 35.5. The summed E-state index contributed by atoms with van der Waals surface area (Å²) in [6.07, 6.45) is 8.16. The second kappa shape index (κ2) is 11.2. The smallest absolute Gasteiger partial charge is 0.230 e. The van der Waals surface area contributed by atoms with Crippen LogP contribution in [0.5, 0.6) is 5.75 Å². The molecule has 1 fully saturated rings. The van der Waals surface area contributed by atoms with E-state index in [2.05, 4.69) is 10.6 Å². The van der Waals surface area contributed by atoms with Gasteiger partial charge in [0.2, 0.25) is 5.91 Å². The number of hydrogen-bond donors (Lipinski definition) is 2. The minimum absolute atomic E-state index is 0.174. The van der Waals surface area contributed by atoms with E-state index in [9.17, 15) is 4.79 Å². The zero-order valence-corrected chi connectivity index (χ0v) is 18.0. The normalized spacial score (nSPS) is 14.2. The number of anilines is 1. The van der Waals surface area contributed by atoms with Gasteiger partial charge in [-0.25, -0.2) is 0 Å². The molecule has 0 saturated heterocycles. The van der Waals surface area contributed by atoms with Crippen LogP contribution in [0.25, 0.3) is 0 Å². The van der Waals surface area contributed by atoms with E-state index >= 15 is 0 Å². The molecule has 1 aliphatic rings. The number of rotatable bonds is 7. The molecule has 0 radical (unpaired) electrons. The molecule has 0 bridgehead atoms. The third-order valence-corrected chi connectivity index (χ3v) is 5.62. The molecule has 0 aliphatic heterocycles. The number of hydrogen-bond acceptors (Lipinski definition) is 3. The Balaban J connectivity index is 1.38. The van der Waals surface area contributed by atoms with E-state index < -0.39 is 0 Å². The van der Waals surface area contributed by atoms with E-state index in [1.165, 1.54) is 32.1 Å². The first-order valence-electron chi connectivity index (χ1n) is 10.2. The standard InChI is InChI=1S/C23H27ClN2O2S/c24-19-8-6-18(7-9-19)16-22(27)26-23(29)25-20-10-12-21(13-11-20)28-15-14-17-4-2-1-3-5-17/h6-13,17H,1-5,14-16H2,(H2,25,26,27,29). The van der Waals surface area contributed by atoms with Crippen LogP contribution in [0.1, 0.15) is 44.1 Å². The molecule has 1 aliphatic carbocycles. The van der Waals surface area contributed by atoms with E-state index in [1.807, 2.05) is 36.4 Å². The third kappa shape index (κ3) is 7.67. The van der Waals surface area contributed by atoms with Gasteiger partial charge in [-0.3, -0.25) is 4.79 Å². The van der Waals surface area contributed by atoms with Gasteiger partial charge in [0.25, 0.3) is 0 Å². The van der Waals surface area contributed by atoms with Crippen molar-refractivity contribution in [3.05, 3.63) is 59.1 Å². The van der Waals surface area contributed by atoms with Crippen molar-refractivity contribution in [3.8, 4) is 5.75 Å². The first-order chi connectivity index (χ1) is 14.1. The van der Waals surface area contributed by atoms with Crippen molar-refractivity contribution < 1.29 is 9.53 Å². The fourth-order valence-corrected chi connectivity index (χ4v) is 3.93. The maximum Gasteiger partial charge on any atom is 0.230 e. The molecule has 0 heterocycles. The van der Waals surface area contributed by atoms with Crippen molar-refractivity contribution >= 4 is 40.5 Å². The maximum absolute atomic E-state index is 12.1. The molecule has 3 rings (SSSR count). The number of carbonyl (C=O) groups excluding carboxylic acids is 1. The topological polar surface area (TPSA) is 50.4 Å². The molecule has 1 saturated carbocycles. The average Bonchev–Trinajstić information content (AvgIpc) is 2.72. The van der Waals surface area contributed by atoms with Gasteiger partial charge in [0.05, 0.1) is 13.0 Å². The Kier molecular flexibility index (Phi) is 8.32. The summed E-state index contributed by atoms with van der Waals surface area (Å²) in [5, 5.41) is 6.64. The fraction of sp³-hybridized carbons (Fsp3) is 0.391. The zero-order valence-electron chi connectivity index (χ0n) is 16.5. The molecule has 2 aromatic rings. The molecule has 29 heavy (non-hydrogen) atoms. The quantitative estimate of drug-likeness (QED) is 0.549. The Morgan fingerprint density at radius 2 is 1.72 bits per heavy atom. The van der Waals surface area contributed by atoms with Gasteiger partial charge in [0.15, 0.2) is 5.11 Å². The highest BCUT2D eigenvalue weighted by Gasteiger charge is 2.13. The van der Waals surface area contributed by atoms with E-state index in [4.69, 9.17) is 28.6 Å². The first kappa shape index (κ1) is 21.6. The highest BCUT2D eigenvalue weighted by Crippen LogP contribution is 2.26. The fourth-order valence-electron chi connectivity index (χ4n) is 3.57. The second-order valence-corrected chi connectivity index (χ2v) is 8.32. The van der Waals surface area contributed by atoms with E-state index in [0.29, 0.717) is 5.02 Å². The van der Waals surface area contributed by atoms with Gasteiger partial charge in [0, 0.05) is 10.7 Å². The van der Waals surface area contributed by atoms with Crippen molar-refractivity contribution in [1.82, 2.24) is 5.32 Å². The second-order valence-electron chi connectivity index (χ2n) is 7.47. The monoisotopic (exact) mass is 430 g/mol. The number of thiocarbonyl (C=S) groups is 1. The van der Waals surface area contributed by atoms with Gasteiger partial charge in [-0.15, -0.1) is 0 Å². The number of benzene rings is 2. The zero-order chi connectivity index (χ0) is 20.5. The summed E-state index contributed by atoms with van der Waals surface area (Å²) in [4.78, 5) is 12.1. The van der Waals surface area contributed by atoms with Gasteiger partial charge < -0.3 is 15.4 Å². The number of ether oxygens (including phenoxy) is 1. The Morgan fingerprint density at radius 3 is 2.41 bits per heavy atom. The van der Waals surface area contributed by atoms with Crippen LogP contribution in [-0.4, -0.2) is 17.6 Å². The minimum Gasteiger partial charge on any atom is -0.494 e. The van der Waals surface area contributed by atoms with Crippen LogP contribution >= 0.6 is 23.8 Å². The van der Waals surface area contributed by atoms with Crippen LogP contribution in [0.4, 0.5) is 5.69 Å². The lowest BCUT2D eigenvalue weighted by atomic mass is 9.87. The lowest BCUT2D eigenvalue weighted by Gasteiger charge is -2.21. The summed E-state index contributed by atoms with van der Waals surface area (Å²) in [5.74, 6) is 1.50. The molecule has 0 atom stereocenters. The summed E-state index contributed by atoms with van der Waals surface area (Å²) in [7, 11) is 0. The predicted octanol–water partition coefficient (Wildman–Crippen LogP) is 5.74. The molecule has 0 aromatic heterocycles. The number of amides is 1. The molecule has 0 spiro atoms. The van der Waals surface area contributed by atoms with E-state index in [1.54, 1.807) is 12.1 Å². The Hall–Kier alpha value is -2.11. The summed E-state index contributed by atoms with van der Waals surface area (Å²) in [5.41, 5.74) is 1.69. The highest BCUT2D eigenvalue weighted by molar-refractivity contribution is 7.80. The predicted molar refractivity (Wildman–Crippen MR) is 123 cm³/mol. The number of carbonyl (C=O) groups is 1. The molecular weight excluding hydrogens is 404 g/mol. The Bertz CT molecular complexity index is 803. The molecule has 1 amide bonds. The molecule has 154 valence electrons. The lowest BCUT2D eigenvalue weighted by molar-refractivity contribution is -0.119. The lowest BCUT2D eigenvalue weighted by Crippen LogP contribution is -2.35. The summed E-state index contributed by atoms with van der Waals surface area (Å²) < 4.78 is 5.87. The molecule has 0 unspecified atom stereocenters. The molecule has 2 N–H and O–H groups in total. The van der Waals surface area contributed by atoms with Crippen LogP contribution in [-0.2, 0) is 11.2 Å². The summed E-state index contributed by atoms with van der Waals surface area (Å²) in [6, 6.07) is 14.8. The van der Waals surface area contributed by atoms with Crippen LogP contribution in [0, 0.1) is 5.92 Å². The van der Waals surface area contributed by atoms with Crippen LogP contribution in [0.2, 0.25) is 5.02 Å². The SMILES string of the molecule is O=C(Cc1ccc(Cl)cc1)NC(=S)Nc1ccc(OCCC2CCCCC2)cc1. The van der Waals surface area contributed by atoms with Gasteiger partial charge in [0.1, 0.15) is 5.75 Å². The Labute approximate surface area is 183 Å². The van der Waals surface area contributed by atoms with Gasteiger partial charge in [-0.1, -0.05) is 55.8 Å². The van der Waals surface area contributed by atoms with Crippen molar-refractivity contribution in [3.63, 3.8) is 0 Å². The molecule has 2 aromatic carbocycles. The van der Waals surface area contributed by atoms with Crippen molar-refractivity contribution in [2.45, 2.75) is 44.9 Å². The van der Waals surface area contributed by atoms with Gasteiger partial charge >= 0.3 is 0 Å². The Morgan fingerprint density at radius 1 is 1.03 bits per heavy atom. The van der Waals surface area contributed by atoms with Crippen LogP contribution in [0.15, 0.2) is 48.5 Å². The largest absolute Gasteiger partial charge is 0.494 e. The molecule has 4 nitrogen and oxygen atoms in total. The van der Waals surface area contributed by atoms with E-state index in [-0.39, 0.29) is 17.4 Å². The first-order valence-corrected chi connectivity index (χ1v) is 11.0. The molecular formula is C23H27ClN2O2S. The number of halogens is 1. The minimum atomic E-state index is -0.174. The summed E-state index contributed by atoms with van der Waals surface area (Å²) in [6.45, 7) is 0.761.